The first-order valence-electron chi connectivity index (χ1n) is 9.72. The molecule has 4 rings (SSSR count). The summed E-state index contributed by atoms with van der Waals surface area (Å²) in [5.41, 5.74) is 7.68. The molecule has 0 atom stereocenters. The summed E-state index contributed by atoms with van der Waals surface area (Å²) in [5, 5.41) is 0. The predicted octanol–water partition coefficient (Wildman–Crippen LogP) is 1.38. The van der Waals surface area contributed by atoms with Crippen LogP contribution in [0.1, 0.15) is 12.8 Å². The van der Waals surface area contributed by atoms with Crippen molar-refractivity contribution in [1.29, 1.82) is 0 Å². The van der Waals surface area contributed by atoms with Crippen LogP contribution in [0.15, 0.2) is 53.6 Å². The lowest BCUT2D eigenvalue weighted by molar-refractivity contribution is -0.130. The second-order valence-corrected chi connectivity index (χ2v) is 7.45. The first kappa shape index (κ1) is 18.4. The van der Waals surface area contributed by atoms with Crippen LogP contribution in [0.4, 0.5) is 5.69 Å². The highest BCUT2D eigenvalue weighted by molar-refractivity contribution is 5.88. The standard InChI is InChI=1S/C21H25N5O2/c22-8-3-5-20(27)25-13-17(14-25)26(12-15-6-7-15)19-10-16(11-24-21(19)28)18-4-1-2-9-23-18/h1-5,9-11,15,17H,6-8,12-14,22H2,(H,24,28). The van der Waals surface area contributed by atoms with Crippen molar-refractivity contribution >= 4 is 11.6 Å². The first-order valence-corrected chi connectivity index (χ1v) is 9.72. The third kappa shape index (κ3) is 3.99. The molecule has 1 aliphatic heterocycles. The molecule has 7 heteroatoms. The van der Waals surface area contributed by atoms with E-state index in [0.29, 0.717) is 31.2 Å². The van der Waals surface area contributed by atoms with Gasteiger partial charge in [0.05, 0.1) is 11.7 Å². The summed E-state index contributed by atoms with van der Waals surface area (Å²) in [7, 11) is 0. The summed E-state index contributed by atoms with van der Waals surface area (Å²) >= 11 is 0. The maximum Gasteiger partial charge on any atom is 0.271 e. The minimum atomic E-state index is -0.104. The van der Waals surface area contributed by atoms with Gasteiger partial charge in [-0.25, -0.2) is 0 Å². The minimum Gasteiger partial charge on any atom is -0.360 e. The number of hydrogen-bond donors (Lipinski definition) is 2. The van der Waals surface area contributed by atoms with E-state index in [2.05, 4.69) is 14.9 Å². The van der Waals surface area contributed by atoms with Crippen LogP contribution >= 0.6 is 0 Å². The highest BCUT2D eigenvalue weighted by atomic mass is 16.2. The zero-order valence-electron chi connectivity index (χ0n) is 15.8. The highest BCUT2D eigenvalue weighted by Crippen LogP contribution is 2.33. The van der Waals surface area contributed by atoms with Crippen LogP contribution in [-0.2, 0) is 4.79 Å². The van der Waals surface area contributed by atoms with Crippen molar-refractivity contribution in [2.24, 2.45) is 11.7 Å². The summed E-state index contributed by atoms with van der Waals surface area (Å²) < 4.78 is 0. The van der Waals surface area contributed by atoms with Gasteiger partial charge in [-0.1, -0.05) is 12.1 Å². The van der Waals surface area contributed by atoms with E-state index >= 15 is 0 Å². The van der Waals surface area contributed by atoms with Crippen molar-refractivity contribution in [3.8, 4) is 11.3 Å². The molecule has 3 heterocycles. The molecule has 28 heavy (non-hydrogen) atoms. The van der Waals surface area contributed by atoms with E-state index in [1.54, 1.807) is 23.4 Å². The molecule has 2 aromatic rings. The van der Waals surface area contributed by atoms with Gasteiger partial charge in [-0.15, -0.1) is 0 Å². The molecule has 1 amide bonds. The van der Waals surface area contributed by atoms with Crippen LogP contribution in [0.5, 0.6) is 0 Å². The molecular weight excluding hydrogens is 354 g/mol. The number of aromatic amines is 1. The fourth-order valence-electron chi connectivity index (χ4n) is 3.50. The molecule has 0 aromatic carbocycles. The van der Waals surface area contributed by atoms with Gasteiger partial charge in [0.2, 0.25) is 5.91 Å². The lowest BCUT2D eigenvalue weighted by atomic mass is 10.0. The van der Waals surface area contributed by atoms with Crippen molar-refractivity contribution in [3.63, 3.8) is 0 Å². The van der Waals surface area contributed by atoms with Crippen molar-refractivity contribution in [1.82, 2.24) is 14.9 Å². The van der Waals surface area contributed by atoms with Gasteiger partial charge < -0.3 is 20.5 Å². The lowest BCUT2D eigenvalue weighted by Gasteiger charge is -2.46. The van der Waals surface area contributed by atoms with Gasteiger partial charge >= 0.3 is 0 Å². The highest BCUT2D eigenvalue weighted by Gasteiger charge is 2.37. The fourth-order valence-corrected chi connectivity index (χ4v) is 3.50. The molecule has 146 valence electrons. The Kier molecular flexibility index (Phi) is 5.25. The Bertz CT molecular complexity index is 914. The number of likely N-dealkylation sites (tertiary alicyclic amines) is 1. The SMILES string of the molecule is NCC=CC(=O)N1CC(N(CC2CC2)c2cc(-c3ccccn3)c[nH]c2=O)C1. The summed E-state index contributed by atoms with van der Waals surface area (Å²) in [6, 6.07) is 7.79. The molecule has 2 aliphatic rings. The molecule has 1 saturated carbocycles. The van der Waals surface area contributed by atoms with E-state index in [0.717, 1.165) is 17.8 Å². The molecule has 7 nitrogen and oxygen atoms in total. The number of carbonyl (C=O) groups excluding carboxylic acids is 1. The van der Waals surface area contributed by atoms with E-state index in [-0.39, 0.29) is 17.5 Å². The van der Waals surface area contributed by atoms with E-state index < -0.39 is 0 Å². The second kappa shape index (κ2) is 7.98. The van der Waals surface area contributed by atoms with E-state index in [4.69, 9.17) is 5.73 Å². The largest absolute Gasteiger partial charge is 0.360 e. The van der Waals surface area contributed by atoms with E-state index in [9.17, 15) is 9.59 Å². The molecule has 0 spiro atoms. The average Bonchev–Trinajstić information content (AvgIpc) is 3.50. The van der Waals surface area contributed by atoms with Crippen LogP contribution in [0.3, 0.4) is 0 Å². The number of aromatic nitrogens is 2. The number of rotatable bonds is 7. The predicted molar refractivity (Wildman–Crippen MR) is 109 cm³/mol. The summed E-state index contributed by atoms with van der Waals surface area (Å²) in [6.07, 6.45) is 9.03. The number of nitrogens with one attached hydrogen (secondary N) is 1. The van der Waals surface area contributed by atoms with Gasteiger partial charge in [-0.05, 0) is 37.0 Å². The zero-order chi connectivity index (χ0) is 19.5. The Hall–Kier alpha value is -2.93. The average molecular weight is 379 g/mol. The van der Waals surface area contributed by atoms with Gasteiger partial charge in [-0.3, -0.25) is 14.6 Å². The van der Waals surface area contributed by atoms with Gasteiger partial charge in [0.25, 0.3) is 5.56 Å². The number of amides is 1. The second-order valence-electron chi connectivity index (χ2n) is 7.45. The molecule has 2 aromatic heterocycles. The molecule has 2 fully saturated rings. The molecule has 0 unspecified atom stereocenters. The Morgan fingerprint density at radius 3 is 2.86 bits per heavy atom. The fraction of sp³-hybridized carbons (Fsp3) is 0.381. The Morgan fingerprint density at radius 2 is 2.18 bits per heavy atom. The smallest absolute Gasteiger partial charge is 0.271 e. The maximum atomic E-state index is 12.6. The van der Waals surface area contributed by atoms with Gasteiger partial charge in [0.1, 0.15) is 5.69 Å². The number of carbonyl (C=O) groups is 1. The third-order valence-corrected chi connectivity index (χ3v) is 5.32. The number of H-pyrrole nitrogens is 1. The van der Waals surface area contributed by atoms with Gasteiger partial charge in [0.15, 0.2) is 0 Å². The van der Waals surface area contributed by atoms with Crippen LogP contribution in [0.25, 0.3) is 11.3 Å². The Labute approximate surface area is 163 Å². The monoisotopic (exact) mass is 379 g/mol. The van der Waals surface area contributed by atoms with E-state index in [1.165, 1.54) is 18.9 Å². The molecule has 0 radical (unpaired) electrons. The molecule has 1 saturated heterocycles. The molecule has 1 aliphatic carbocycles. The number of pyridine rings is 2. The summed E-state index contributed by atoms with van der Waals surface area (Å²) in [5.74, 6) is 0.601. The number of hydrogen-bond acceptors (Lipinski definition) is 5. The lowest BCUT2D eigenvalue weighted by Crippen LogP contribution is -2.62. The van der Waals surface area contributed by atoms with Crippen molar-refractivity contribution < 1.29 is 4.79 Å². The van der Waals surface area contributed by atoms with Crippen molar-refractivity contribution in [2.75, 3.05) is 31.1 Å². The summed E-state index contributed by atoms with van der Waals surface area (Å²) in [4.78, 5) is 36.0. The van der Waals surface area contributed by atoms with Crippen LogP contribution < -0.4 is 16.2 Å². The molecular formula is C21H25N5O2. The molecule has 0 bridgehead atoms. The Morgan fingerprint density at radius 1 is 1.36 bits per heavy atom. The van der Waals surface area contributed by atoms with Crippen LogP contribution in [0, 0.1) is 5.92 Å². The zero-order valence-corrected chi connectivity index (χ0v) is 15.8. The van der Waals surface area contributed by atoms with Crippen LogP contribution in [-0.4, -0.2) is 53.0 Å². The normalized spacial score (nSPS) is 17.0. The maximum absolute atomic E-state index is 12.6. The molecule has 3 N–H and O–H groups in total. The van der Waals surface area contributed by atoms with Crippen molar-refractivity contribution in [2.45, 2.75) is 18.9 Å². The van der Waals surface area contributed by atoms with Gasteiger partial charge in [0, 0.05) is 50.2 Å². The number of nitrogens with two attached hydrogens (primary N) is 1. The third-order valence-electron chi connectivity index (χ3n) is 5.32. The quantitative estimate of drug-likeness (QED) is 0.709. The minimum absolute atomic E-state index is 0.0239. The van der Waals surface area contributed by atoms with Crippen LogP contribution in [0.2, 0.25) is 0 Å². The topological polar surface area (TPSA) is 95.3 Å². The Balaban J connectivity index is 1.56. The first-order chi connectivity index (χ1) is 13.7. The number of anilines is 1. The number of nitrogens with zero attached hydrogens (tertiary/aromatic N) is 3. The van der Waals surface area contributed by atoms with E-state index in [1.807, 2.05) is 24.3 Å². The summed E-state index contributed by atoms with van der Waals surface area (Å²) in [6.45, 7) is 2.44. The van der Waals surface area contributed by atoms with Gasteiger partial charge in [-0.2, -0.15) is 0 Å². The van der Waals surface area contributed by atoms with Crippen molar-refractivity contribution in [3.05, 3.63) is 59.2 Å².